The third-order valence-corrected chi connectivity index (χ3v) is 5.47. The van der Waals surface area contributed by atoms with E-state index in [1.54, 1.807) is 20.8 Å². The van der Waals surface area contributed by atoms with E-state index in [-0.39, 0.29) is 6.54 Å². The van der Waals surface area contributed by atoms with Gasteiger partial charge in [-0.3, -0.25) is 4.79 Å². The van der Waals surface area contributed by atoms with Gasteiger partial charge < -0.3 is 20.4 Å². The van der Waals surface area contributed by atoms with E-state index in [0.29, 0.717) is 11.3 Å². The first kappa shape index (κ1) is 21.4. The second-order valence-electron chi connectivity index (χ2n) is 8.86. The van der Waals surface area contributed by atoms with Crippen molar-refractivity contribution in [1.82, 2.24) is 9.88 Å². The van der Waals surface area contributed by atoms with Crippen LogP contribution in [0.3, 0.4) is 0 Å². The third-order valence-electron chi connectivity index (χ3n) is 5.47. The van der Waals surface area contributed by atoms with Gasteiger partial charge in [-0.25, -0.2) is 4.79 Å². The van der Waals surface area contributed by atoms with Crippen molar-refractivity contribution in [2.45, 2.75) is 32.9 Å². The zero-order valence-electron chi connectivity index (χ0n) is 18.7. The Bertz CT molecular complexity index is 1340. The molecule has 0 atom stereocenters. The van der Waals surface area contributed by atoms with Gasteiger partial charge in [0.2, 0.25) is 0 Å². The monoisotopic (exact) mass is 429 g/mol. The predicted octanol–water partition coefficient (Wildman–Crippen LogP) is 5.12. The minimum atomic E-state index is -0.608. The first-order valence-corrected chi connectivity index (χ1v) is 10.5. The van der Waals surface area contributed by atoms with Crippen LogP contribution in [0.2, 0.25) is 0 Å². The van der Waals surface area contributed by atoms with Crippen LogP contribution in [0.4, 0.5) is 4.79 Å². The van der Waals surface area contributed by atoms with Crippen molar-refractivity contribution in [2.75, 3.05) is 0 Å². The molecule has 0 saturated heterocycles. The van der Waals surface area contributed by atoms with E-state index < -0.39 is 17.6 Å². The maximum absolute atomic E-state index is 12.3. The second-order valence-corrected chi connectivity index (χ2v) is 8.86. The molecule has 3 aromatic carbocycles. The number of nitrogens with one attached hydrogen (secondary N) is 1. The van der Waals surface area contributed by atoms with Gasteiger partial charge in [-0.1, -0.05) is 54.6 Å². The van der Waals surface area contributed by atoms with Crippen molar-refractivity contribution in [3.63, 3.8) is 0 Å². The lowest BCUT2D eigenvalue weighted by Gasteiger charge is -2.20. The van der Waals surface area contributed by atoms with Crippen molar-refractivity contribution in [3.8, 4) is 11.1 Å². The number of carbonyl (C=O) groups is 2. The van der Waals surface area contributed by atoms with E-state index in [2.05, 4.69) is 35.6 Å². The molecule has 6 nitrogen and oxygen atoms in total. The molecule has 0 radical (unpaired) electrons. The number of primary amides is 1. The number of aryl methyl sites for hydroxylation is 1. The van der Waals surface area contributed by atoms with E-state index >= 15 is 0 Å². The van der Waals surface area contributed by atoms with Crippen LogP contribution >= 0.6 is 0 Å². The number of nitrogens with zero attached hydrogens (tertiary/aromatic N) is 1. The minimum Gasteiger partial charge on any atom is -0.444 e. The number of amides is 2. The van der Waals surface area contributed by atoms with Gasteiger partial charge in [0.1, 0.15) is 5.60 Å². The maximum atomic E-state index is 12.3. The van der Waals surface area contributed by atoms with Crippen LogP contribution in [0.15, 0.2) is 60.7 Å². The number of benzene rings is 3. The molecule has 32 heavy (non-hydrogen) atoms. The van der Waals surface area contributed by atoms with Gasteiger partial charge in [-0.2, -0.15) is 0 Å². The summed E-state index contributed by atoms with van der Waals surface area (Å²) in [5.74, 6) is -0.533. The smallest absolute Gasteiger partial charge is 0.407 e. The number of alkyl carbamates (subject to hydrolysis) is 1. The molecule has 0 spiro atoms. The molecule has 0 unspecified atom stereocenters. The van der Waals surface area contributed by atoms with E-state index in [1.807, 2.05) is 41.9 Å². The van der Waals surface area contributed by atoms with E-state index in [4.69, 9.17) is 10.5 Å². The highest BCUT2D eigenvalue weighted by atomic mass is 16.6. The Morgan fingerprint density at radius 3 is 2.44 bits per heavy atom. The summed E-state index contributed by atoms with van der Waals surface area (Å²) in [4.78, 5) is 24.5. The molecule has 0 saturated carbocycles. The minimum absolute atomic E-state index is 0.127. The average molecular weight is 430 g/mol. The Morgan fingerprint density at radius 2 is 1.72 bits per heavy atom. The van der Waals surface area contributed by atoms with Crippen molar-refractivity contribution >= 4 is 33.7 Å². The summed E-state index contributed by atoms with van der Waals surface area (Å²) in [7, 11) is 1.87. The molecular weight excluding hydrogens is 402 g/mol. The predicted molar refractivity (Wildman–Crippen MR) is 127 cm³/mol. The fourth-order valence-corrected chi connectivity index (χ4v) is 4.09. The summed E-state index contributed by atoms with van der Waals surface area (Å²) >= 11 is 0. The van der Waals surface area contributed by atoms with Crippen LogP contribution in [0.1, 0.15) is 36.8 Å². The fraction of sp³-hybridized carbons (Fsp3) is 0.231. The molecule has 2 amide bonds. The van der Waals surface area contributed by atoms with Crippen LogP contribution in [-0.2, 0) is 18.3 Å². The number of nitrogens with two attached hydrogens (primary N) is 1. The van der Waals surface area contributed by atoms with Crippen molar-refractivity contribution in [1.29, 1.82) is 0 Å². The second kappa shape index (κ2) is 8.04. The van der Waals surface area contributed by atoms with Crippen LogP contribution in [0.25, 0.3) is 32.8 Å². The van der Waals surface area contributed by atoms with Crippen LogP contribution < -0.4 is 11.1 Å². The summed E-state index contributed by atoms with van der Waals surface area (Å²) < 4.78 is 7.22. The highest BCUT2D eigenvalue weighted by Gasteiger charge is 2.22. The first-order chi connectivity index (χ1) is 15.2. The third kappa shape index (κ3) is 4.04. The number of hydrogen-bond donors (Lipinski definition) is 2. The molecule has 3 N–H and O–H groups in total. The highest BCUT2D eigenvalue weighted by Crippen LogP contribution is 2.33. The Balaban J connectivity index is 1.78. The Hall–Kier alpha value is -3.80. The number of hydrogen-bond acceptors (Lipinski definition) is 3. The number of carbonyl (C=O) groups excluding carboxylic acids is 2. The lowest BCUT2D eigenvalue weighted by atomic mass is 9.97. The molecule has 4 aromatic rings. The largest absolute Gasteiger partial charge is 0.444 e. The van der Waals surface area contributed by atoms with Crippen LogP contribution in [0.5, 0.6) is 0 Å². The quantitative estimate of drug-likeness (QED) is 0.472. The SMILES string of the molecule is Cn1c(CNC(=O)OC(C)(C)C)c(C(N)=O)c2ccc(-c3cccc4ccccc34)cc21. The van der Waals surface area contributed by atoms with Crippen LogP contribution in [0, 0.1) is 0 Å². The van der Waals surface area contributed by atoms with E-state index in [9.17, 15) is 9.59 Å². The normalized spacial score (nSPS) is 11.6. The van der Waals surface area contributed by atoms with Gasteiger partial charge in [0.05, 0.1) is 17.8 Å². The van der Waals surface area contributed by atoms with Gasteiger partial charge in [-0.15, -0.1) is 0 Å². The standard InChI is InChI=1S/C26H27N3O3/c1-26(2,3)32-25(31)28-15-22-23(24(27)30)20-13-12-17(14-21(20)29(22)4)19-11-7-9-16-8-5-6-10-18(16)19/h5-14H,15H2,1-4H3,(H2,27,30)(H,28,31). The lowest BCUT2D eigenvalue weighted by molar-refractivity contribution is 0.0522. The average Bonchev–Trinajstić information content (AvgIpc) is 3.02. The van der Waals surface area contributed by atoms with E-state index in [0.717, 1.165) is 32.8 Å². The molecule has 164 valence electrons. The molecule has 0 aliphatic carbocycles. The molecule has 0 bridgehead atoms. The van der Waals surface area contributed by atoms with Gasteiger partial charge in [0.15, 0.2) is 0 Å². The van der Waals surface area contributed by atoms with Crippen LogP contribution in [-0.4, -0.2) is 22.2 Å². The summed E-state index contributed by atoms with van der Waals surface area (Å²) in [6.45, 7) is 5.52. The molecule has 4 rings (SSSR count). The number of ether oxygens (including phenoxy) is 1. The molecule has 1 heterocycles. The van der Waals surface area contributed by atoms with Gasteiger partial charge in [-0.05, 0) is 48.7 Å². The zero-order chi connectivity index (χ0) is 23.0. The highest BCUT2D eigenvalue weighted by molar-refractivity contribution is 6.09. The number of aromatic nitrogens is 1. The number of rotatable bonds is 4. The first-order valence-electron chi connectivity index (χ1n) is 10.5. The molecule has 0 aliphatic heterocycles. The summed E-state index contributed by atoms with van der Waals surface area (Å²) in [5, 5.41) is 5.81. The van der Waals surface area contributed by atoms with Gasteiger partial charge in [0.25, 0.3) is 5.91 Å². The fourth-order valence-electron chi connectivity index (χ4n) is 4.09. The summed E-state index contributed by atoms with van der Waals surface area (Å²) in [5.41, 5.74) is 9.18. The molecular formula is C26H27N3O3. The van der Waals surface area contributed by atoms with Crippen molar-refractivity contribution in [2.24, 2.45) is 12.8 Å². The van der Waals surface area contributed by atoms with Crippen molar-refractivity contribution < 1.29 is 14.3 Å². The Kier molecular flexibility index (Phi) is 5.38. The zero-order valence-corrected chi connectivity index (χ0v) is 18.7. The summed E-state index contributed by atoms with van der Waals surface area (Å²) in [6, 6.07) is 20.4. The van der Waals surface area contributed by atoms with Gasteiger partial charge >= 0.3 is 6.09 Å². The molecule has 1 aromatic heterocycles. The lowest BCUT2D eigenvalue weighted by Crippen LogP contribution is -2.33. The molecule has 0 fully saturated rings. The van der Waals surface area contributed by atoms with Gasteiger partial charge in [0, 0.05) is 18.0 Å². The Morgan fingerprint density at radius 1 is 1.00 bits per heavy atom. The number of fused-ring (bicyclic) bond motifs is 2. The van der Waals surface area contributed by atoms with E-state index in [1.165, 1.54) is 0 Å². The molecule has 6 heteroatoms. The summed E-state index contributed by atoms with van der Waals surface area (Å²) in [6.07, 6.45) is -0.547. The topological polar surface area (TPSA) is 86.3 Å². The maximum Gasteiger partial charge on any atom is 0.407 e. The molecule has 0 aliphatic rings. The Labute approximate surface area is 187 Å². The van der Waals surface area contributed by atoms with Crippen molar-refractivity contribution in [3.05, 3.63) is 71.9 Å².